The number of fused-ring (bicyclic) bond motifs is 1. The largest absolute Gasteiger partial charge is 0.309 e. The van der Waals surface area contributed by atoms with E-state index in [9.17, 15) is 0 Å². The molecule has 0 saturated carbocycles. The minimum absolute atomic E-state index is 0.0983. The lowest BCUT2D eigenvalue weighted by atomic mass is 10.2. The van der Waals surface area contributed by atoms with Crippen molar-refractivity contribution >= 4 is 22.8 Å². The van der Waals surface area contributed by atoms with E-state index in [1.54, 1.807) is 0 Å². The van der Waals surface area contributed by atoms with Gasteiger partial charge in [0.05, 0.1) is 5.38 Å². The topological polar surface area (TPSA) is 30.7 Å². The van der Waals surface area contributed by atoms with E-state index in [2.05, 4.69) is 28.4 Å². The first-order valence-corrected chi connectivity index (χ1v) is 6.97. The van der Waals surface area contributed by atoms with E-state index >= 15 is 0 Å². The van der Waals surface area contributed by atoms with Crippen molar-refractivity contribution in [2.45, 2.75) is 52.0 Å². The zero-order valence-electron chi connectivity index (χ0n) is 11.4. The fourth-order valence-electron chi connectivity index (χ4n) is 2.35. The number of rotatable bonds is 4. The minimum Gasteiger partial charge on any atom is -0.309 e. The number of halogens is 1. The van der Waals surface area contributed by atoms with Crippen LogP contribution in [0, 0.1) is 6.92 Å². The molecule has 2 atom stereocenters. The first-order valence-electron chi connectivity index (χ1n) is 6.54. The molecule has 0 aliphatic rings. The quantitative estimate of drug-likeness (QED) is 0.767. The lowest BCUT2D eigenvalue weighted by Crippen LogP contribution is -2.10. The molecule has 2 rings (SSSR count). The Morgan fingerprint density at radius 1 is 1.28 bits per heavy atom. The van der Waals surface area contributed by atoms with Crippen molar-refractivity contribution in [3.05, 3.63) is 23.7 Å². The minimum atomic E-state index is -0.0983. The van der Waals surface area contributed by atoms with Crippen molar-refractivity contribution in [3.8, 4) is 0 Å². The molecule has 0 saturated heterocycles. The van der Waals surface area contributed by atoms with Crippen molar-refractivity contribution in [1.82, 2.24) is 14.5 Å². The van der Waals surface area contributed by atoms with Crippen molar-refractivity contribution in [1.29, 1.82) is 0 Å². The fourth-order valence-corrected chi connectivity index (χ4v) is 2.50. The Hall–Kier alpha value is -1.09. The van der Waals surface area contributed by atoms with E-state index in [0.717, 1.165) is 35.5 Å². The molecule has 0 spiro atoms. The average Bonchev–Trinajstić information content (AvgIpc) is 2.67. The molecular formula is C14H20ClN3. The van der Waals surface area contributed by atoms with Crippen molar-refractivity contribution in [2.75, 3.05) is 0 Å². The van der Waals surface area contributed by atoms with Gasteiger partial charge < -0.3 is 4.57 Å². The number of pyridine rings is 1. The molecule has 0 aromatic carbocycles. The molecule has 0 aliphatic carbocycles. The van der Waals surface area contributed by atoms with Crippen LogP contribution in [0.15, 0.2) is 12.1 Å². The number of aryl methyl sites for hydroxylation is 1. The Balaban J connectivity index is 2.64. The Morgan fingerprint density at radius 2 is 2.00 bits per heavy atom. The van der Waals surface area contributed by atoms with Gasteiger partial charge in [0, 0.05) is 11.7 Å². The molecule has 0 amide bonds. The second-order valence-electron chi connectivity index (χ2n) is 4.89. The van der Waals surface area contributed by atoms with Crippen molar-refractivity contribution < 1.29 is 0 Å². The van der Waals surface area contributed by atoms with Crippen LogP contribution in [0.2, 0.25) is 0 Å². The summed E-state index contributed by atoms with van der Waals surface area (Å²) in [4.78, 5) is 9.25. The van der Waals surface area contributed by atoms with Crippen molar-refractivity contribution in [2.24, 2.45) is 0 Å². The number of aromatic nitrogens is 3. The lowest BCUT2D eigenvalue weighted by molar-refractivity contribution is 0.491. The summed E-state index contributed by atoms with van der Waals surface area (Å²) in [5, 5.41) is -0.0983. The smallest absolute Gasteiger partial charge is 0.160 e. The first-order chi connectivity index (χ1) is 8.54. The molecule has 98 valence electrons. The maximum absolute atomic E-state index is 6.25. The van der Waals surface area contributed by atoms with Crippen LogP contribution in [0.1, 0.15) is 56.6 Å². The van der Waals surface area contributed by atoms with Gasteiger partial charge in [-0.25, -0.2) is 9.97 Å². The van der Waals surface area contributed by atoms with Gasteiger partial charge in [-0.3, -0.25) is 0 Å². The highest BCUT2D eigenvalue weighted by Gasteiger charge is 2.19. The normalized spacial score (nSPS) is 14.9. The third-order valence-corrected chi connectivity index (χ3v) is 3.40. The second kappa shape index (κ2) is 5.27. The maximum Gasteiger partial charge on any atom is 0.160 e. The molecule has 2 unspecified atom stereocenters. The van der Waals surface area contributed by atoms with Gasteiger partial charge in [0.2, 0.25) is 0 Å². The van der Waals surface area contributed by atoms with Crippen LogP contribution in [0.25, 0.3) is 11.2 Å². The summed E-state index contributed by atoms with van der Waals surface area (Å²) in [7, 11) is 0. The number of hydrogen-bond acceptors (Lipinski definition) is 2. The van der Waals surface area contributed by atoms with Gasteiger partial charge in [0.15, 0.2) is 5.65 Å². The first kappa shape index (κ1) is 13.3. The predicted molar refractivity (Wildman–Crippen MR) is 76.2 cm³/mol. The van der Waals surface area contributed by atoms with Crippen LogP contribution in [0.3, 0.4) is 0 Å². The summed E-state index contributed by atoms with van der Waals surface area (Å²) < 4.78 is 2.20. The van der Waals surface area contributed by atoms with E-state index in [1.807, 2.05) is 26.0 Å². The predicted octanol–water partition coefficient (Wildman–Crippen LogP) is 4.40. The molecular weight excluding hydrogens is 246 g/mol. The number of imidazole rings is 1. The summed E-state index contributed by atoms with van der Waals surface area (Å²) >= 11 is 6.25. The zero-order chi connectivity index (χ0) is 13.3. The van der Waals surface area contributed by atoms with Crippen LogP contribution in [0.5, 0.6) is 0 Å². The Labute approximate surface area is 113 Å². The van der Waals surface area contributed by atoms with Crippen LogP contribution >= 0.6 is 11.6 Å². The summed E-state index contributed by atoms with van der Waals surface area (Å²) in [6, 6.07) is 4.40. The molecule has 2 aromatic heterocycles. The van der Waals surface area contributed by atoms with E-state index in [0.29, 0.717) is 6.04 Å². The van der Waals surface area contributed by atoms with E-state index in [1.165, 1.54) is 0 Å². The van der Waals surface area contributed by atoms with Crippen LogP contribution in [0.4, 0.5) is 0 Å². The Kier molecular flexibility index (Phi) is 3.91. The Bertz CT molecular complexity index is 545. The molecule has 0 fully saturated rings. The van der Waals surface area contributed by atoms with Gasteiger partial charge >= 0.3 is 0 Å². The molecule has 0 bridgehead atoms. The van der Waals surface area contributed by atoms with E-state index in [-0.39, 0.29) is 5.38 Å². The molecule has 2 aromatic rings. The average molecular weight is 266 g/mol. The van der Waals surface area contributed by atoms with E-state index < -0.39 is 0 Å². The molecule has 0 N–H and O–H groups in total. The summed E-state index contributed by atoms with van der Waals surface area (Å²) in [5.74, 6) is 0.922. The van der Waals surface area contributed by atoms with Gasteiger partial charge in [-0.1, -0.05) is 13.3 Å². The monoisotopic (exact) mass is 265 g/mol. The van der Waals surface area contributed by atoms with Gasteiger partial charge in [-0.15, -0.1) is 11.6 Å². The SMILES string of the molecule is CCCC(C)n1c(C(C)Cl)nc2ccc(C)nc21. The third kappa shape index (κ3) is 2.37. The highest BCUT2D eigenvalue weighted by Crippen LogP contribution is 2.28. The number of hydrogen-bond donors (Lipinski definition) is 0. The van der Waals surface area contributed by atoms with Gasteiger partial charge in [0.25, 0.3) is 0 Å². The number of nitrogens with zero attached hydrogens (tertiary/aromatic N) is 3. The summed E-state index contributed by atoms with van der Waals surface area (Å²) in [6.07, 6.45) is 2.25. The van der Waals surface area contributed by atoms with Gasteiger partial charge in [-0.05, 0) is 39.3 Å². The highest BCUT2D eigenvalue weighted by atomic mass is 35.5. The van der Waals surface area contributed by atoms with Crippen molar-refractivity contribution in [3.63, 3.8) is 0 Å². The molecule has 18 heavy (non-hydrogen) atoms. The fraction of sp³-hybridized carbons (Fsp3) is 0.571. The number of alkyl halides is 1. The lowest BCUT2D eigenvalue weighted by Gasteiger charge is -2.17. The zero-order valence-corrected chi connectivity index (χ0v) is 12.2. The van der Waals surface area contributed by atoms with Gasteiger partial charge in [-0.2, -0.15) is 0 Å². The molecule has 4 heteroatoms. The standard InChI is InChI=1S/C14H20ClN3/c1-5-6-10(3)18-13(11(4)15)17-12-8-7-9(2)16-14(12)18/h7-8,10-11H,5-6H2,1-4H3. The molecule has 3 nitrogen and oxygen atoms in total. The summed E-state index contributed by atoms with van der Waals surface area (Å²) in [5.41, 5.74) is 2.91. The Morgan fingerprint density at radius 3 is 2.61 bits per heavy atom. The van der Waals surface area contributed by atoms with E-state index in [4.69, 9.17) is 11.6 Å². The van der Waals surface area contributed by atoms with Crippen LogP contribution in [-0.2, 0) is 0 Å². The van der Waals surface area contributed by atoms with Gasteiger partial charge in [0.1, 0.15) is 11.3 Å². The maximum atomic E-state index is 6.25. The highest BCUT2D eigenvalue weighted by molar-refractivity contribution is 6.20. The third-order valence-electron chi connectivity index (χ3n) is 3.21. The molecule has 2 heterocycles. The molecule has 0 radical (unpaired) electrons. The molecule has 0 aliphatic heterocycles. The summed E-state index contributed by atoms with van der Waals surface area (Å²) in [6.45, 7) is 8.37. The second-order valence-corrected chi connectivity index (χ2v) is 5.54. The van der Waals surface area contributed by atoms with Crippen LogP contribution in [-0.4, -0.2) is 14.5 Å². The van der Waals surface area contributed by atoms with Crippen LogP contribution < -0.4 is 0 Å².